The van der Waals surface area contributed by atoms with Crippen LogP contribution in [0.3, 0.4) is 0 Å². The summed E-state index contributed by atoms with van der Waals surface area (Å²) in [4.78, 5) is 0. The summed E-state index contributed by atoms with van der Waals surface area (Å²) < 4.78 is 5.29. The van der Waals surface area contributed by atoms with Gasteiger partial charge in [0, 0.05) is 11.6 Å². The van der Waals surface area contributed by atoms with Crippen LogP contribution in [0.1, 0.15) is 17.8 Å². The molecule has 3 N–H and O–H groups in total. The fourth-order valence-electron chi connectivity index (χ4n) is 1.04. The highest BCUT2D eigenvalue weighted by molar-refractivity contribution is 7.99. The van der Waals surface area contributed by atoms with E-state index < -0.39 is 0 Å². The van der Waals surface area contributed by atoms with Gasteiger partial charge in [-0.25, -0.2) is 0 Å². The van der Waals surface area contributed by atoms with E-state index in [1.54, 1.807) is 0 Å². The smallest absolute Gasteiger partial charge is 0.234 e. The van der Waals surface area contributed by atoms with Crippen molar-refractivity contribution >= 4 is 11.8 Å². The second-order valence-electron chi connectivity index (χ2n) is 2.51. The van der Waals surface area contributed by atoms with Gasteiger partial charge in [0.2, 0.25) is 11.8 Å². The Balaban J connectivity index is 2.11. The van der Waals surface area contributed by atoms with E-state index in [0.29, 0.717) is 18.3 Å². The second-order valence-corrected chi connectivity index (χ2v) is 3.54. The maximum Gasteiger partial charge on any atom is 0.234 e. The third-order valence-corrected chi connectivity index (χ3v) is 2.61. The molecule has 5 nitrogen and oxygen atoms in total. The van der Waals surface area contributed by atoms with E-state index in [2.05, 4.69) is 15.5 Å². The Labute approximate surface area is 74.1 Å². The van der Waals surface area contributed by atoms with Crippen molar-refractivity contribution in [3.8, 4) is 0 Å². The Kier molecular flexibility index (Phi) is 2.29. The number of hydrogen-bond donors (Lipinski definition) is 2. The largest absolute Gasteiger partial charge is 0.422 e. The number of hydrogen-bond acceptors (Lipinski definition) is 6. The summed E-state index contributed by atoms with van der Waals surface area (Å²) in [5.41, 5.74) is 5.34. The Hall–Kier alpha value is -0.590. The molecule has 0 aliphatic carbocycles. The molecule has 1 aromatic heterocycles. The van der Waals surface area contributed by atoms with Crippen LogP contribution in [0, 0.1) is 0 Å². The minimum atomic E-state index is 0.211. The number of aromatic nitrogens is 2. The lowest BCUT2D eigenvalue weighted by Crippen LogP contribution is -2.14. The first kappa shape index (κ1) is 8.03. The van der Waals surface area contributed by atoms with Crippen LogP contribution in [0.2, 0.25) is 0 Å². The van der Waals surface area contributed by atoms with E-state index in [9.17, 15) is 0 Å². The first-order chi connectivity index (χ1) is 5.90. The van der Waals surface area contributed by atoms with Crippen molar-refractivity contribution in [3.63, 3.8) is 0 Å². The van der Waals surface area contributed by atoms with Gasteiger partial charge in [-0.1, -0.05) is 0 Å². The summed E-state index contributed by atoms with van der Waals surface area (Å²) in [5, 5.41) is 10.9. The van der Waals surface area contributed by atoms with E-state index in [1.807, 2.05) is 11.8 Å². The Morgan fingerprint density at radius 3 is 3.17 bits per heavy atom. The molecule has 0 amide bonds. The summed E-state index contributed by atoms with van der Waals surface area (Å²) >= 11 is 1.82. The molecule has 0 bridgehead atoms. The summed E-state index contributed by atoms with van der Waals surface area (Å²) in [7, 11) is 0. The van der Waals surface area contributed by atoms with Gasteiger partial charge < -0.3 is 10.2 Å². The summed E-state index contributed by atoms with van der Waals surface area (Å²) in [6.07, 6.45) is 0. The molecule has 0 spiro atoms. The minimum absolute atomic E-state index is 0.211. The molecular formula is C6H10N4OS. The molecule has 6 heteroatoms. The number of thioether (sulfide) groups is 1. The van der Waals surface area contributed by atoms with Gasteiger partial charge in [0.15, 0.2) is 0 Å². The molecule has 0 saturated carbocycles. The van der Waals surface area contributed by atoms with Crippen LogP contribution in [0.5, 0.6) is 0 Å². The molecule has 0 unspecified atom stereocenters. The zero-order valence-electron chi connectivity index (χ0n) is 6.49. The van der Waals surface area contributed by atoms with Crippen LogP contribution in [0.15, 0.2) is 4.42 Å². The molecule has 1 aliphatic heterocycles. The zero-order valence-corrected chi connectivity index (χ0v) is 7.30. The van der Waals surface area contributed by atoms with Gasteiger partial charge in [0.25, 0.3) is 0 Å². The van der Waals surface area contributed by atoms with Crippen LogP contribution < -0.4 is 11.1 Å². The van der Waals surface area contributed by atoms with E-state index in [4.69, 9.17) is 10.2 Å². The van der Waals surface area contributed by atoms with Crippen LogP contribution in [-0.2, 0) is 6.54 Å². The van der Waals surface area contributed by atoms with Gasteiger partial charge in [0.05, 0.1) is 12.6 Å². The molecule has 12 heavy (non-hydrogen) atoms. The first-order valence-electron chi connectivity index (χ1n) is 3.73. The highest BCUT2D eigenvalue weighted by Gasteiger charge is 2.21. The third-order valence-electron chi connectivity index (χ3n) is 1.67. The molecule has 1 aromatic rings. The van der Waals surface area contributed by atoms with Crippen molar-refractivity contribution in [2.75, 3.05) is 11.6 Å². The Bertz CT molecular complexity index is 258. The quantitative estimate of drug-likeness (QED) is 0.669. The molecule has 66 valence electrons. The van der Waals surface area contributed by atoms with Crippen molar-refractivity contribution < 1.29 is 4.42 Å². The van der Waals surface area contributed by atoms with Gasteiger partial charge in [-0.15, -0.1) is 22.0 Å². The molecular weight excluding hydrogens is 176 g/mol. The number of rotatable bonds is 2. The monoisotopic (exact) mass is 186 g/mol. The SMILES string of the molecule is NCc1nnc([C@@H]2CSCN2)o1. The lowest BCUT2D eigenvalue weighted by Gasteiger charge is -2.00. The molecule has 1 aliphatic rings. The van der Waals surface area contributed by atoms with E-state index in [1.165, 1.54) is 0 Å². The highest BCUT2D eigenvalue weighted by atomic mass is 32.2. The average Bonchev–Trinajstić information content (AvgIpc) is 2.75. The molecule has 1 atom stereocenters. The summed E-state index contributed by atoms with van der Waals surface area (Å²) in [6.45, 7) is 0.312. The fraction of sp³-hybridized carbons (Fsp3) is 0.667. The molecule has 2 rings (SSSR count). The maximum atomic E-state index is 5.34. The molecule has 1 fully saturated rings. The van der Waals surface area contributed by atoms with Gasteiger partial charge >= 0.3 is 0 Å². The number of nitrogens with two attached hydrogens (primary N) is 1. The Morgan fingerprint density at radius 1 is 1.67 bits per heavy atom. The van der Waals surface area contributed by atoms with E-state index >= 15 is 0 Å². The average molecular weight is 186 g/mol. The zero-order chi connectivity index (χ0) is 8.39. The normalized spacial score (nSPS) is 23.2. The van der Waals surface area contributed by atoms with Crippen molar-refractivity contribution in [1.82, 2.24) is 15.5 Å². The molecule has 0 aromatic carbocycles. The van der Waals surface area contributed by atoms with Crippen LogP contribution in [0.4, 0.5) is 0 Å². The van der Waals surface area contributed by atoms with Gasteiger partial charge in [-0.2, -0.15) is 0 Å². The van der Waals surface area contributed by atoms with E-state index in [0.717, 1.165) is 11.6 Å². The van der Waals surface area contributed by atoms with Crippen molar-refractivity contribution in [1.29, 1.82) is 0 Å². The maximum absolute atomic E-state index is 5.34. The number of nitrogens with one attached hydrogen (secondary N) is 1. The van der Waals surface area contributed by atoms with Crippen LogP contribution in [0.25, 0.3) is 0 Å². The first-order valence-corrected chi connectivity index (χ1v) is 4.89. The standard InChI is InChI=1S/C6H10N4OS/c7-1-5-9-10-6(11-5)4-2-12-3-8-4/h4,8H,1-3,7H2/t4-/m0/s1. The Morgan fingerprint density at radius 2 is 2.58 bits per heavy atom. The second kappa shape index (κ2) is 3.42. The summed E-state index contributed by atoms with van der Waals surface area (Å²) in [6, 6.07) is 0.211. The van der Waals surface area contributed by atoms with Gasteiger partial charge in [0.1, 0.15) is 0 Å². The lowest BCUT2D eigenvalue weighted by atomic mass is 10.3. The van der Waals surface area contributed by atoms with Crippen LogP contribution in [-0.4, -0.2) is 21.8 Å². The fourth-order valence-corrected chi connectivity index (χ4v) is 1.98. The lowest BCUT2D eigenvalue weighted by molar-refractivity contribution is 0.412. The van der Waals surface area contributed by atoms with Crippen molar-refractivity contribution in [2.24, 2.45) is 5.73 Å². The third kappa shape index (κ3) is 1.45. The molecule has 0 radical (unpaired) electrons. The molecule has 2 heterocycles. The minimum Gasteiger partial charge on any atom is -0.422 e. The number of nitrogens with zero attached hydrogens (tertiary/aromatic N) is 2. The predicted octanol–water partition coefficient (Wildman–Crippen LogP) is -0.137. The van der Waals surface area contributed by atoms with Crippen molar-refractivity contribution in [3.05, 3.63) is 11.8 Å². The highest BCUT2D eigenvalue weighted by Crippen LogP contribution is 2.22. The van der Waals surface area contributed by atoms with Crippen LogP contribution >= 0.6 is 11.8 Å². The summed E-state index contributed by atoms with van der Waals surface area (Å²) in [5.74, 6) is 3.10. The topological polar surface area (TPSA) is 77.0 Å². The van der Waals surface area contributed by atoms with Gasteiger partial charge in [-0.3, -0.25) is 5.32 Å². The van der Waals surface area contributed by atoms with Crippen molar-refractivity contribution in [2.45, 2.75) is 12.6 Å². The molecule has 1 saturated heterocycles. The predicted molar refractivity (Wildman–Crippen MR) is 45.4 cm³/mol. The van der Waals surface area contributed by atoms with Gasteiger partial charge in [-0.05, 0) is 0 Å². The van der Waals surface area contributed by atoms with E-state index in [-0.39, 0.29) is 6.04 Å².